The molecule has 1 heterocycles. The van der Waals surface area contributed by atoms with Crippen LogP contribution in [0.4, 0.5) is 8.78 Å². The molecule has 0 saturated heterocycles. The van der Waals surface area contributed by atoms with Gasteiger partial charge in [-0.05, 0) is 18.6 Å². The summed E-state index contributed by atoms with van der Waals surface area (Å²) in [5, 5.41) is 9.24. The number of alkyl halides is 2. The molecule has 0 unspecified atom stereocenters. The quantitative estimate of drug-likeness (QED) is 0.641. The first-order valence-corrected chi connectivity index (χ1v) is 8.89. The number of carbonyl (C=O) groups is 1. The van der Waals surface area contributed by atoms with E-state index in [2.05, 4.69) is 4.74 Å². The summed E-state index contributed by atoms with van der Waals surface area (Å²) in [5.74, 6) is -1.06. The number of methoxy groups -OCH3 is 1. The zero-order valence-corrected chi connectivity index (χ0v) is 15.7. The molecule has 28 heavy (non-hydrogen) atoms. The Labute approximate surface area is 162 Å². The smallest absolute Gasteiger partial charge is 0.387 e. The monoisotopic (exact) mass is 409 g/mol. The van der Waals surface area contributed by atoms with Crippen molar-refractivity contribution in [2.45, 2.75) is 19.6 Å². The molecule has 2 rings (SSSR count). The molecule has 10 heteroatoms. The van der Waals surface area contributed by atoms with Gasteiger partial charge >= 0.3 is 6.61 Å². The van der Waals surface area contributed by atoms with Gasteiger partial charge in [0, 0.05) is 25.8 Å². The van der Waals surface area contributed by atoms with E-state index in [1.54, 1.807) is 12.1 Å². The number of primary amides is 1. The fraction of sp³-hybridized carbons (Fsp3) is 0.278. The molecular formula is C18H17F2N3O4S. The minimum Gasteiger partial charge on any atom is -0.434 e. The molecule has 7 nitrogen and oxygen atoms in total. The van der Waals surface area contributed by atoms with Gasteiger partial charge in [0.05, 0.1) is 4.53 Å². The van der Waals surface area contributed by atoms with Crippen LogP contribution in [0.5, 0.6) is 5.75 Å². The van der Waals surface area contributed by atoms with Crippen LogP contribution in [0.3, 0.4) is 0 Å². The third-order valence-electron chi connectivity index (χ3n) is 3.63. The summed E-state index contributed by atoms with van der Waals surface area (Å²) in [4.78, 5) is 24.4. The number of thiazole rings is 1. The van der Waals surface area contributed by atoms with E-state index in [1.807, 2.05) is 0 Å². The van der Waals surface area contributed by atoms with E-state index in [0.29, 0.717) is 13.0 Å². The van der Waals surface area contributed by atoms with E-state index in [4.69, 9.17) is 10.5 Å². The van der Waals surface area contributed by atoms with E-state index in [-0.39, 0.29) is 32.6 Å². The molecule has 0 aliphatic heterocycles. The Hall–Kier alpha value is -3.03. The van der Waals surface area contributed by atoms with Crippen molar-refractivity contribution in [3.05, 3.63) is 49.4 Å². The summed E-state index contributed by atoms with van der Waals surface area (Å²) in [6.45, 7) is -2.46. The molecule has 0 fully saturated rings. The maximum absolute atomic E-state index is 12.8. The Balaban J connectivity index is 2.71. The number of nitrogens with zero attached hydrogens (tertiary/aromatic N) is 2. The number of hydrogen-bond donors (Lipinski definition) is 1. The predicted molar refractivity (Wildman–Crippen MR) is 99.2 cm³/mol. The number of rotatable bonds is 8. The highest BCUT2D eigenvalue weighted by Crippen LogP contribution is 2.20. The van der Waals surface area contributed by atoms with Crippen molar-refractivity contribution in [1.82, 2.24) is 4.57 Å². The number of nitriles is 1. The SMILES string of the molecule is COCCCn1c(=O)/c(=C/c2ccccc2OC(F)F)s/c1=C(/C#N)C(N)=O. The van der Waals surface area contributed by atoms with Crippen molar-refractivity contribution in [3.8, 4) is 11.8 Å². The van der Waals surface area contributed by atoms with Gasteiger partial charge in [-0.2, -0.15) is 14.0 Å². The summed E-state index contributed by atoms with van der Waals surface area (Å²) < 4.78 is 36.1. The van der Waals surface area contributed by atoms with E-state index >= 15 is 0 Å². The van der Waals surface area contributed by atoms with Gasteiger partial charge in [-0.3, -0.25) is 14.2 Å². The van der Waals surface area contributed by atoms with Crippen LogP contribution >= 0.6 is 11.3 Å². The van der Waals surface area contributed by atoms with Crippen molar-refractivity contribution in [2.75, 3.05) is 13.7 Å². The van der Waals surface area contributed by atoms with Crippen molar-refractivity contribution in [2.24, 2.45) is 5.73 Å². The van der Waals surface area contributed by atoms with E-state index in [9.17, 15) is 23.6 Å². The number of benzene rings is 1. The Morgan fingerprint density at radius 2 is 2.14 bits per heavy atom. The fourth-order valence-electron chi connectivity index (χ4n) is 2.43. The van der Waals surface area contributed by atoms with Crippen molar-refractivity contribution >= 4 is 28.9 Å². The standard InChI is InChI=1S/C18H17F2N3O4S/c1-26-8-4-7-23-16(25)14(28-17(23)12(10-21)15(22)24)9-11-5-2-3-6-13(11)27-18(19)20/h2-3,5-6,9,18H,4,7-8H2,1H3,(H2,22,24)/b14-9-,17-12-. The maximum atomic E-state index is 12.8. The van der Waals surface area contributed by atoms with E-state index in [0.717, 1.165) is 11.3 Å². The Bertz CT molecular complexity index is 1070. The molecule has 0 aliphatic rings. The molecule has 2 N–H and O–H groups in total. The van der Waals surface area contributed by atoms with Crippen LogP contribution < -0.4 is 25.2 Å². The van der Waals surface area contributed by atoms with Gasteiger partial charge in [-0.1, -0.05) is 18.2 Å². The van der Waals surface area contributed by atoms with Gasteiger partial charge < -0.3 is 15.2 Å². The molecule has 0 saturated carbocycles. The molecular weight excluding hydrogens is 392 g/mol. The van der Waals surface area contributed by atoms with Crippen LogP contribution in [0.1, 0.15) is 12.0 Å². The van der Waals surface area contributed by atoms with Gasteiger partial charge in [0.25, 0.3) is 11.5 Å². The van der Waals surface area contributed by atoms with Crippen molar-refractivity contribution in [1.29, 1.82) is 5.26 Å². The molecule has 0 atom stereocenters. The minimum atomic E-state index is -3.02. The summed E-state index contributed by atoms with van der Waals surface area (Å²) in [7, 11) is 1.51. The number of carbonyl (C=O) groups excluding carboxylic acids is 1. The average Bonchev–Trinajstić information content (AvgIpc) is 2.93. The van der Waals surface area contributed by atoms with Gasteiger partial charge in [0.2, 0.25) is 0 Å². The summed E-state index contributed by atoms with van der Waals surface area (Å²) in [6.07, 6.45) is 1.83. The number of halogens is 2. The van der Waals surface area contributed by atoms with Gasteiger partial charge in [0.15, 0.2) is 5.57 Å². The van der Waals surface area contributed by atoms with Crippen LogP contribution in [-0.2, 0) is 16.1 Å². The van der Waals surface area contributed by atoms with Crippen molar-refractivity contribution < 1.29 is 23.0 Å². The van der Waals surface area contributed by atoms with Crippen LogP contribution in [0.2, 0.25) is 0 Å². The largest absolute Gasteiger partial charge is 0.434 e. The first kappa shape index (κ1) is 21.3. The first-order chi connectivity index (χ1) is 13.4. The highest BCUT2D eigenvalue weighted by molar-refractivity contribution is 7.07. The lowest BCUT2D eigenvalue weighted by molar-refractivity contribution is -0.112. The van der Waals surface area contributed by atoms with Crippen LogP contribution in [0.15, 0.2) is 29.1 Å². The number of hydrogen-bond acceptors (Lipinski definition) is 6. The predicted octanol–water partition coefficient (Wildman–Crippen LogP) is 0.536. The molecule has 0 radical (unpaired) electrons. The lowest BCUT2D eigenvalue weighted by Gasteiger charge is -2.06. The number of para-hydroxylation sites is 1. The molecule has 0 bridgehead atoms. The maximum Gasteiger partial charge on any atom is 0.387 e. The second-order valence-electron chi connectivity index (χ2n) is 5.49. The lowest BCUT2D eigenvalue weighted by Crippen LogP contribution is -2.34. The van der Waals surface area contributed by atoms with Crippen LogP contribution in [0, 0.1) is 11.3 Å². The van der Waals surface area contributed by atoms with Gasteiger partial charge in [-0.15, -0.1) is 11.3 Å². The third kappa shape index (κ3) is 5.03. The van der Waals surface area contributed by atoms with Gasteiger partial charge in [0.1, 0.15) is 16.5 Å². The summed E-state index contributed by atoms with van der Waals surface area (Å²) >= 11 is 0.878. The number of ether oxygens (including phenoxy) is 2. The molecule has 0 spiro atoms. The Kier molecular flexibility index (Phi) is 7.43. The van der Waals surface area contributed by atoms with Crippen LogP contribution in [0.25, 0.3) is 11.6 Å². The topological polar surface area (TPSA) is 107 Å². The zero-order valence-electron chi connectivity index (χ0n) is 14.9. The number of nitrogens with two attached hydrogens (primary N) is 1. The first-order valence-electron chi connectivity index (χ1n) is 8.07. The molecule has 2 aromatic rings. The average molecular weight is 409 g/mol. The number of aromatic nitrogens is 1. The molecule has 1 amide bonds. The van der Waals surface area contributed by atoms with Gasteiger partial charge in [-0.25, -0.2) is 0 Å². The number of amides is 1. The van der Waals surface area contributed by atoms with Crippen LogP contribution in [-0.4, -0.2) is 30.8 Å². The fourth-order valence-corrected chi connectivity index (χ4v) is 3.55. The van der Waals surface area contributed by atoms with Crippen molar-refractivity contribution in [3.63, 3.8) is 0 Å². The highest BCUT2D eigenvalue weighted by Gasteiger charge is 2.14. The van der Waals surface area contributed by atoms with E-state index in [1.165, 1.54) is 36.0 Å². The summed E-state index contributed by atoms with van der Waals surface area (Å²) in [5.41, 5.74) is 4.68. The van der Waals surface area contributed by atoms with E-state index < -0.39 is 18.1 Å². The Morgan fingerprint density at radius 3 is 2.75 bits per heavy atom. The normalized spacial score (nSPS) is 12.8. The Morgan fingerprint density at radius 1 is 1.43 bits per heavy atom. The minimum absolute atomic E-state index is 0.0998. The summed E-state index contributed by atoms with van der Waals surface area (Å²) in [6, 6.07) is 7.69. The molecule has 1 aromatic heterocycles. The third-order valence-corrected chi connectivity index (χ3v) is 4.76. The lowest BCUT2D eigenvalue weighted by atomic mass is 10.2. The second kappa shape index (κ2) is 9.77. The highest BCUT2D eigenvalue weighted by atomic mass is 32.1. The zero-order chi connectivity index (χ0) is 20.7. The molecule has 148 valence electrons. The molecule has 0 aliphatic carbocycles. The molecule has 1 aromatic carbocycles. The second-order valence-corrected chi connectivity index (χ2v) is 6.52.